The molecule has 0 amide bonds. The van der Waals surface area contributed by atoms with Gasteiger partial charge < -0.3 is 0 Å². The molecule has 0 saturated heterocycles. The predicted octanol–water partition coefficient (Wildman–Crippen LogP) is 5.58. The van der Waals surface area contributed by atoms with Gasteiger partial charge in [-0.2, -0.15) is 0 Å². The van der Waals surface area contributed by atoms with Crippen LogP contribution in [0.1, 0.15) is 42.0 Å². The predicted molar refractivity (Wildman–Crippen MR) is 69.8 cm³/mol. The molecule has 1 aromatic rings. The number of thiophene rings is 1. The summed E-state index contributed by atoms with van der Waals surface area (Å²) in [5, 5.41) is 0. The van der Waals surface area contributed by atoms with Crippen LogP contribution in [0.2, 0.25) is 4.34 Å². The first-order valence-corrected chi connectivity index (χ1v) is 7.07. The molecule has 0 aliphatic heterocycles. The van der Waals surface area contributed by atoms with E-state index in [0.717, 1.165) is 4.34 Å². The Labute approximate surface area is 104 Å². The van der Waals surface area contributed by atoms with Gasteiger partial charge in [0.05, 0.1) is 9.16 Å². The summed E-state index contributed by atoms with van der Waals surface area (Å²) < 4.78 is 0.924. The quantitative estimate of drug-likeness (QED) is 0.636. The van der Waals surface area contributed by atoms with E-state index >= 15 is 0 Å². The fraction of sp³-hybridized carbons (Fsp3) is 0.636. The summed E-state index contributed by atoms with van der Waals surface area (Å²) in [7, 11) is 0. The van der Waals surface area contributed by atoms with Crippen molar-refractivity contribution in [3.63, 3.8) is 0 Å². The third-order valence-corrected chi connectivity index (χ3v) is 5.73. The molecule has 0 spiro atoms. The van der Waals surface area contributed by atoms with Crippen LogP contribution >= 0.6 is 38.9 Å². The summed E-state index contributed by atoms with van der Waals surface area (Å²) in [4.78, 5) is 1.81. The van der Waals surface area contributed by atoms with Gasteiger partial charge in [0.1, 0.15) is 0 Å². The van der Waals surface area contributed by atoms with Crippen molar-refractivity contribution < 1.29 is 0 Å². The van der Waals surface area contributed by atoms with E-state index in [-0.39, 0.29) is 0 Å². The number of hydrogen-bond donors (Lipinski definition) is 0. The maximum atomic E-state index is 6.05. The van der Waals surface area contributed by atoms with Gasteiger partial charge in [0, 0.05) is 4.88 Å². The lowest BCUT2D eigenvalue weighted by atomic mass is 10.0. The lowest BCUT2D eigenvalue weighted by Crippen LogP contribution is -2.01. The van der Waals surface area contributed by atoms with Gasteiger partial charge in [-0.25, -0.2) is 0 Å². The van der Waals surface area contributed by atoms with Crippen LogP contribution in [-0.4, -0.2) is 0 Å². The molecule has 0 radical (unpaired) electrons. The summed E-state index contributed by atoms with van der Waals surface area (Å²) in [6.45, 7) is 6.57. The highest BCUT2D eigenvalue weighted by atomic mass is 79.9. The minimum Gasteiger partial charge on any atom is -0.127 e. The monoisotopic (exact) mass is 294 g/mol. The van der Waals surface area contributed by atoms with Crippen LogP contribution in [0.4, 0.5) is 0 Å². The van der Waals surface area contributed by atoms with E-state index in [1.807, 2.05) is 0 Å². The van der Waals surface area contributed by atoms with Crippen LogP contribution in [0.15, 0.2) is 6.07 Å². The van der Waals surface area contributed by atoms with Crippen molar-refractivity contribution in [2.45, 2.75) is 38.4 Å². The minimum atomic E-state index is 0.457. The van der Waals surface area contributed by atoms with E-state index < -0.39 is 0 Å². The van der Waals surface area contributed by atoms with E-state index in [2.05, 4.69) is 42.8 Å². The largest absolute Gasteiger partial charge is 0.127 e. The standard InChI is InChI=1S/C11H16BrClS/c1-4-5-7(2)10(12)9-6-8(3)11(13)14-9/h6-7,10H,4-5H2,1-3H3. The normalized spacial score (nSPS) is 15.5. The number of rotatable bonds is 4. The molecule has 1 rings (SSSR count). The lowest BCUT2D eigenvalue weighted by molar-refractivity contribution is 0.522. The second kappa shape index (κ2) is 5.53. The van der Waals surface area contributed by atoms with Crippen LogP contribution in [0.5, 0.6) is 0 Å². The maximum absolute atomic E-state index is 6.05. The second-order valence-corrected chi connectivity index (χ2v) is 6.45. The van der Waals surface area contributed by atoms with Crippen LogP contribution < -0.4 is 0 Å². The Balaban J connectivity index is 2.73. The second-order valence-electron chi connectivity index (χ2n) is 3.77. The van der Waals surface area contributed by atoms with Gasteiger partial charge in [-0.05, 0) is 30.9 Å². The van der Waals surface area contributed by atoms with E-state index in [1.54, 1.807) is 11.3 Å². The van der Waals surface area contributed by atoms with Crippen LogP contribution in [-0.2, 0) is 0 Å². The molecule has 14 heavy (non-hydrogen) atoms. The van der Waals surface area contributed by atoms with Gasteiger partial charge in [0.25, 0.3) is 0 Å². The average Bonchev–Trinajstić information content (AvgIpc) is 2.46. The Hall–Kier alpha value is 0.470. The average molecular weight is 296 g/mol. The van der Waals surface area contributed by atoms with Gasteiger partial charge in [0.15, 0.2) is 0 Å². The first kappa shape index (κ1) is 12.5. The molecule has 0 aliphatic carbocycles. The van der Waals surface area contributed by atoms with Gasteiger partial charge in [-0.15, -0.1) is 11.3 Å². The zero-order chi connectivity index (χ0) is 10.7. The number of alkyl halides is 1. The molecule has 2 unspecified atom stereocenters. The van der Waals surface area contributed by atoms with E-state index in [0.29, 0.717) is 10.7 Å². The summed E-state index contributed by atoms with van der Waals surface area (Å²) in [6.07, 6.45) is 2.49. The van der Waals surface area contributed by atoms with Crippen LogP contribution in [0.3, 0.4) is 0 Å². The number of aryl methyl sites for hydroxylation is 1. The highest BCUT2D eigenvalue weighted by molar-refractivity contribution is 9.09. The molecule has 3 heteroatoms. The zero-order valence-corrected chi connectivity index (χ0v) is 12.0. The Morgan fingerprint density at radius 3 is 2.64 bits per heavy atom. The highest BCUT2D eigenvalue weighted by Gasteiger charge is 2.18. The Kier molecular flexibility index (Phi) is 4.95. The van der Waals surface area contributed by atoms with Gasteiger partial charge in [-0.3, -0.25) is 0 Å². The molecule has 0 N–H and O–H groups in total. The van der Waals surface area contributed by atoms with Gasteiger partial charge in [-0.1, -0.05) is 47.8 Å². The third-order valence-electron chi connectivity index (χ3n) is 2.39. The molecule has 0 fully saturated rings. The fourth-order valence-electron chi connectivity index (χ4n) is 1.50. The number of hydrogen-bond acceptors (Lipinski definition) is 1. The molecule has 0 aliphatic rings. The maximum Gasteiger partial charge on any atom is 0.0960 e. The molecule has 1 heterocycles. The molecular formula is C11H16BrClS. The summed E-state index contributed by atoms with van der Waals surface area (Å²) in [6, 6.07) is 2.19. The first-order valence-electron chi connectivity index (χ1n) is 4.96. The topological polar surface area (TPSA) is 0 Å². The molecule has 2 atom stereocenters. The molecule has 0 saturated carbocycles. The molecule has 1 aromatic heterocycles. The van der Waals surface area contributed by atoms with Crippen molar-refractivity contribution in [2.75, 3.05) is 0 Å². The van der Waals surface area contributed by atoms with Crippen molar-refractivity contribution >= 4 is 38.9 Å². The van der Waals surface area contributed by atoms with Crippen molar-refractivity contribution in [2.24, 2.45) is 5.92 Å². The van der Waals surface area contributed by atoms with E-state index in [9.17, 15) is 0 Å². The Morgan fingerprint density at radius 1 is 1.57 bits per heavy atom. The molecule has 0 aromatic carbocycles. The van der Waals surface area contributed by atoms with Crippen molar-refractivity contribution in [3.8, 4) is 0 Å². The molecule has 0 nitrogen and oxygen atoms in total. The van der Waals surface area contributed by atoms with Crippen molar-refractivity contribution in [1.29, 1.82) is 0 Å². The molecule has 0 bridgehead atoms. The third kappa shape index (κ3) is 2.98. The van der Waals surface area contributed by atoms with Crippen molar-refractivity contribution in [3.05, 3.63) is 20.8 Å². The van der Waals surface area contributed by atoms with E-state index in [1.165, 1.54) is 23.3 Å². The SMILES string of the molecule is CCCC(C)C(Br)c1cc(C)c(Cl)s1. The van der Waals surface area contributed by atoms with Gasteiger partial charge in [0.2, 0.25) is 0 Å². The van der Waals surface area contributed by atoms with Crippen LogP contribution in [0.25, 0.3) is 0 Å². The Morgan fingerprint density at radius 2 is 2.21 bits per heavy atom. The molecular weight excluding hydrogens is 280 g/mol. The Bertz CT molecular complexity index is 276. The summed E-state index contributed by atoms with van der Waals surface area (Å²) in [5.41, 5.74) is 1.19. The minimum absolute atomic E-state index is 0.457. The first-order chi connectivity index (χ1) is 6.56. The zero-order valence-electron chi connectivity index (χ0n) is 8.81. The summed E-state index contributed by atoms with van der Waals surface area (Å²) in [5.74, 6) is 0.675. The lowest BCUT2D eigenvalue weighted by Gasteiger charge is -2.15. The van der Waals surface area contributed by atoms with E-state index in [4.69, 9.17) is 11.6 Å². The fourth-order valence-corrected chi connectivity index (χ4v) is 3.51. The van der Waals surface area contributed by atoms with Gasteiger partial charge >= 0.3 is 0 Å². The van der Waals surface area contributed by atoms with Crippen LogP contribution in [0, 0.1) is 12.8 Å². The van der Waals surface area contributed by atoms with Crippen molar-refractivity contribution in [1.82, 2.24) is 0 Å². The summed E-state index contributed by atoms with van der Waals surface area (Å²) >= 11 is 11.5. The molecule has 80 valence electrons. The smallest absolute Gasteiger partial charge is 0.0960 e. The number of halogens is 2. The highest BCUT2D eigenvalue weighted by Crippen LogP contribution is 2.40.